The zero-order valence-electron chi connectivity index (χ0n) is 9.30. The molecule has 2 aromatic rings. The van der Waals surface area contributed by atoms with Crippen LogP contribution in [0.5, 0.6) is 0 Å². The maximum atomic E-state index is 12.0. The number of nitrogens with one attached hydrogen (secondary N) is 1. The van der Waals surface area contributed by atoms with Crippen LogP contribution < -0.4 is 10.5 Å². The quantitative estimate of drug-likeness (QED) is 0.850. The molecule has 2 aromatic carbocycles. The molecule has 0 spiro atoms. The summed E-state index contributed by atoms with van der Waals surface area (Å²) in [5.74, 6) is 0. The van der Waals surface area contributed by atoms with Gasteiger partial charge in [0.15, 0.2) is 0 Å². The van der Waals surface area contributed by atoms with Crippen LogP contribution in [0.1, 0.15) is 0 Å². The van der Waals surface area contributed by atoms with Crippen LogP contribution in [-0.4, -0.2) is 8.42 Å². The first-order valence-corrected chi connectivity index (χ1v) is 6.98. The van der Waals surface area contributed by atoms with Gasteiger partial charge in [-0.05, 0) is 30.3 Å². The zero-order chi connectivity index (χ0) is 13.2. The number of hydrogen-bond donors (Lipinski definition) is 2. The molecule has 18 heavy (non-hydrogen) atoms. The van der Waals surface area contributed by atoms with Gasteiger partial charge >= 0.3 is 0 Å². The fraction of sp³-hybridized carbons (Fsp3) is 0. The van der Waals surface area contributed by atoms with Crippen molar-refractivity contribution >= 4 is 33.0 Å². The summed E-state index contributed by atoms with van der Waals surface area (Å²) >= 11 is 5.92. The molecule has 6 heteroatoms. The number of sulfonamides is 1. The van der Waals surface area contributed by atoms with E-state index in [1.54, 1.807) is 24.3 Å². The highest BCUT2D eigenvalue weighted by Gasteiger charge is 2.14. The molecule has 94 valence electrons. The number of anilines is 2. The Hall–Kier alpha value is -1.72. The van der Waals surface area contributed by atoms with Crippen molar-refractivity contribution in [1.29, 1.82) is 0 Å². The Balaban J connectivity index is 2.34. The van der Waals surface area contributed by atoms with Crippen LogP contribution in [0, 0.1) is 0 Å². The zero-order valence-corrected chi connectivity index (χ0v) is 10.9. The number of nitrogens with two attached hydrogens (primary N) is 1. The first kappa shape index (κ1) is 12.7. The van der Waals surface area contributed by atoms with Gasteiger partial charge in [-0.3, -0.25) is 4.72 Å². The van der Waals surface area contributed by atoms with E-state index < -0.39 is 10.0 Å². The average Bonchev–Trinajstić information content (AvgIpc) is 2.34. The Bertz CT molecular complexity index is 657. The van der Waals surface area contributed by atoms with E-state index in [1.165, 1.54) is 24.3 Å². The number of hydrogen-bond acceptors (Lipinski definition) is 3. The average molecular weight is 283 g/mol. The summed E-state index contributed by atoms with van der Waals surface area (Å²) in [6.45, 7) is 0. The molecule has 0 aliphatic heterocycles. The van der Waals surface area contributed by atoms with Crippen LogP contribution in [-0.2, 0) is 10.0 Å². The van der Waals surface area contributed by atoms with Gasteiger partial charge in [-0.25, -0.2) is 8.42 Å². The molecule has 0 saturated heterocycles. The minimum atomic E-state index is -3.62. The van der Waals surface area contributed by atoms with Crippen LogP contribution in [0.4, 0.5) is 11.4 Å². The standard InChI is InChI=1S/C12H11ClN2O2S/c13-11-8-9(14)6-7-12(11)15-18(16,17)10-4-2-1-3-5-10/h1-8,15H,14H2. The second-order valence-corrected chi connectivity index (χ2v) is 5.75. The van der Waals surface area contributed by atoms with Crippen LogP contribution >= 0.6 is 11.6 Å². The van der Waals surface area contributed by atoms with Gasteiger partial charge in [-0.15, -0.1) is 0 Å². The van der Waals surface area contributed by atoms with Crippen molar-refractivity contribution < 1.29 is 8.42 Å². The largest absolute Gasteiger partial charge is 0.399 e. The van der Waals surface area contributed by atoms with Crippen LogP contribution in [0.3, 0.4) is 0 Å². The molecule has 0 bridgehead atoms. The SMILES string of the molecule is Nc1ccc(NS(=O)(=O)c2ccccc2)c(Cl)c1. The summed E-state index contributed by atoms with van der Waals surface area (Å²) in [6.07, 6.45) is 0. The van der Waals surface area contributed by atoms with E-state index >= 15 is 0 Å². The van der Waals surface area contributed by atoms with E-state index in [9.17, 15) is 8.42 Å². The Morgan fingerprint density at radius 1 is 1.06 bits per heavy atom. The molecular weight excluding hydrogens is 272 g/mol. The Kier molecular flexibility index (Phi) is 3.45. The summed E-state index contributed by atoms with van der Waals surface area (Å²) < 4.78 is 26.5. The van der Waals surface area contributed by atoms with Gasteiger partial charge in [-0.1, -0.05) is 29.8 Å². The summed E-state index contributed by atoms with van der Waals surface area (Å²) in [4.78, 5) is 0.179. The molecule has 0 aliphatic carbocycles. The summed E-state index contributed by atoms with van der Waals surface area (Å²) in [6, 6.07) is 12.7. The van der Waals surface area contributed by atoms with Gasteiger partial charge in [0.2, 0.25) is 0 Å². The van der Waals surface area contributed by atoms with Gasteiger partial charge in [0.25, 0.3) is 10.0 Å². The second kappa shape index (κ2) is 4.88. The van der Waals surface area contributed by atoms with Crippen molar-refractivity contribution in [3.05, 3.63) is 53.6 Å². The van der Waals surface area contributed by atoms with Gasteiger partial charge in [0.1, 0.15) is 0 Å². The number of benzene rings is 2. The molecular formula is C12H11ClN2O2S. The van der Waals surface area contributed by atoms with E-state index in [-0.39, 0.29) is 9.92 Å². The minimum Gasteiger partial charge on any atom is -0.399 e. The monoisotopic (exact) mass is 282 g/mol. The van der Waals surface area contributed by atoms with E-state index in [1.807, 2.05) is 0 Å². The Labute approximate surface area is 110 Å². The Morgan fingerprint density at radius 3 is 2.33 bits per heavy atom. The molecule has 4 nitrogen and oxygen atoms in total. The van der Waals surface area contributed by atoms with E-state index in [2.05, 4.69) is 4.72 Å². The first-order valence-electron chi connectivity index (χ1n) is 5.12. The fourth-order valence-corrected chi connectivity index (χ4v) is 2.81. The predicted molar refractivity (Wildman–Crippen MR) is 73.1 cm³/mol. The van der Waals surface area contributed by atoms with E-state index in [0.717, 1.165) is 0 Å². The lowest BCUT2D eigenvalue weighted by atomic mass is 10.3. The van der Waals surface area contributed by atoms with Crippen molar-refractivity contribution in [1.82, 2.24) is 0 Å². The van der Waals surface area contributed by atoms with Crippen molar-refractivity contribution in [2.45, 2.75) is 4.90 Å². The number of rotatable bonds is 3. The molecule has 0 aliphatic rings. The number of nitrogen functional groups attached to an aromatic ring is 1. The smallest absolute Gasteiger partial charge is 0.261 e. The first-order chi connectivity index (χ1) is 8.49. The lowest BCUT2D eigenvalue weighted by Crippen LogP contribution is -2.13. The predicted octanol–water partition coefficient (Wildman–Crippen LogP) is 2.72. The van der Waals surface area contributed by atoms with Crippen LogP contribution in [0.25, 0.3) is 0 Å². The van der Waals surface area contributed by atoms with Gasteiger partial charge in [0.05, 0.1) is 15.6 Å². The highest BCUT2D eigenvalue weighted by Crippen LogP contribution is 2.26. The lowest BCUT2D eigenvalue weighted by molar-refractivity contribution is 0.601. The molecule has 0 fully saturated rings. The topological polar surface area (TPSA) is 72.2 Å². The van der Waals surface area contributed by atoms with Crippen molar-refractivity contribution in [3.8, 4) is 0 Å². The summed E-state index contributed by atoms with van der Waals surface area (Å²) in [5.41, 5.74) is 6.32. The Morgan fingerprint density at radius 2 is 1.72 bits per heavy atom. The maximum Gasteiger partial charge on any atom is 0.261 e. The third-order valence-electron chi connectivity index (χ3n) is 2.29. The van der Waals surface area contributed by atoms with Gasteiger partial charge < -0.3 is 5.73 Å². The molecule has 0 amide bonds. The van der Waals surface area contributed by atoms with Crippen molar-refractivity contribution in [2.75, 3.05) is 10.5 Å². The van der Waals surface area contributed by atoms with E-state index in [0.29, 0.717) is 11.4 Å². The second-order valence-electron chi connectivity index (χ2n) is 3.66. The summed E-state index contributed by atoms with van der Waals surface area (Å²) in [7, 11) is -3.62. The summed E-state index contributed by atoms with van der Waals surface area (Å²) in [5, 5.41) is 0.259. The third kappa shape index (κ3) is 2.75. The van der Waals surface area contributed by atoms with Crippen LogP contribution in [0.15, 0.2) is 53.4 Å². The maximum absolute atomic E-state index is 12.0. The van der Waals surface area contributed by atoms with Crippen molar-refractivity contribution in [3.63, 3.8) is 0 Å². The molecule has 0 aromatic heterocycles. The van der Waals surface area contributed by atoms with Gasteiger partial charge in [0, 0.05) is 5.69 Å². The normalized spacial score (nSPS) is 11.2. The highest BCUT2D eigenvalue weighted by atomic mass is 35.5. The molecule has 0 unspecified atom stereocenters. The van der Waals surface area contributed by atoms with Crippen LogP contribution in [0.2, 0.25) is 5.02 Å². The fourth-order valence-electron chi connectivity index (χ4n) is 1.42. The minimum absolute atomic E-state index is 0.179. The highest BCUT2D eigenvalue weighted by molar-refractivity contribution is 7.92. The molecule has 0 radical (unpaired) electrons. The molecule has 0 saturated carbocycles. The molecule has 3 N–H and O–H groups in total. The van der Waals surface area contributed by atoms with Crippen molar-refractivity contribution in [2.24, 2.45) is 0 Å². The molecule has 0 heterocycles. The molecule has 2 rings (SSSR count). The van der Waals surface area contributed by atoms with Gasteiger partial charge in [-0.2, -0.15) is 0 Å². The molecule has 0 atom stereocenters. The number of halogens is 1. The lowest BCUT2D eigenvalue weighted by Gasteiger charge is -2.09. The van der Waals surface area contributed by atoms with E-state index in [4.69, 9.17) is 17.3 Å². The third-order valence-corrected chi connectivity index (χ3v) is 3.99.